The number of amides is 7. The summed E-state index contributed by atoms with van der Waals surface area (Å²) in [6.45, 7) is 12.5. The van der Waals surface area contributed by atoms with E-state index in [0.29, 0.717) is 16.9 Å². The van der Waals surface area contributed by atoms with Gasteiger partial charge in [-0.05, 0) is 60.0 Å². The van der Waals surface area contributed by atoms with Crippen molar-refractivity contribution in [2.75, 3.05) is 11.5 Å². The fourth-order valence-corrected chi connectivity index (χ4v) is 8.30. The number of aliphatic hydroxyl groups excluding tert-OH is 1. The zero-order valence-electron chi connectivity index (χ0n) is 42.1. The van der Waals surface area contributed by atoms with Crippen LogP contribution in [0.5, 0.6) is 0 Å². The third kappa shape index (κ3) is 23.1. The summed E-state index contributed by atoms with van der Waals surface area (Å²) < 4.78 is 0. The molecule has 72 heavy (non-hydrogen) atoms. The Morgan fingerprint density at radius 3 is 1.78 bits per heavy atom. The van der Waals surface area contributed by atoms with E-state index in [1.807, 2.05) is 51.1 Å². The van der Waals surface area contributed by atoms with Crippen molar-refractivity contribution in [3.8, 4) is 0 Å². The molecule has 22 heteroatoms. The molecule has 0 aliphatic rings. The predicted molar refractivity (Wildman–Crippen MR) is 268 cm³/mol. The van der Waals surface area contributed by atoms with Gasteiger partial charge in [0.2, 0.25) is 35.4 Å². The molecule has 0 heterocycles. The Morgan fingerprint density at radius 1 is 0.625 bits per heavy atom. The average Bonchev–Trinajstić information content (AvgIpc) is 3.30. The molecule has 398 valence electrons. The van der Waals surface area contributed by atoms with E-state index in [9.17, 15) is 63.3 Å². The fraction of sp³-hybridized carbons (Fsp3) is 0.560. The van der Waals surface area contributed by atoms with Crippen molar-refractivity contribution in [2.24, 2.45) is 11.3 Å². The lowest BCUT2D eigenvalue weighted by atomic mass is 9.85. The zero-order valence-corrected chi connectivity index (χ0v) is 42.9. The van der Waals surface area contributed by atoms with Gasteiger partial charge in [-0.1, -0.05) is 103 Å². The number of carbonyl (C=O) groups is 10. The van der Waals surface area contributed by atoms with E-state index >= 15 is 0 Å². The SMILES string of the molecule is CCCCSCC(NC(=O)[C@H](CC(C)C)NC(=O)[C@@H](NC(=O)[C@H](Cc1ccccc1C)NC(=O)[C@H](CCC(=O)O)NC(=O)[C@H](CC(=O)O)NC(=O)CCC(=O)O)C(C)(C)C)C(O)C(=O)NCc1ccccc1. The quantitative estimate of drug-likeness (QED) is 0.0467. The molecule has 21 nitrogen and oxygen atoms in total. The molecule has 0 radical (unpaired) electrons. The van der Waals surface area contributed by atoms with Crippen LogP contribution in [0, 0.1) is 18.3 Å². The largest absolute Gasteiger partial charge is 0.481 e. The zero-order chi connectivity index (χ0) is 54.1. The van der Waals surface area contributed by atoms with Gasteiger partial charge < -0.3 is 57.6 Å². The lowest BCUT2D eigenvalue weighted by Gasteiger charge is -2.34. The minimum absolute atomic E-state index is 0.114. The molecule has 0 spiro atoms. The van der Waals surface area contributed by atoms with E-state index in [2.05, 4.69) is 37.2 Å². The summed E-state index contributed by atoms with van der Waals surface area (Å²) in [6.07, 6.45) is -3.41. The van der Waals surface area contributed by atoms with Crippen molar-refractivity contribution >= 4 is 71.0 Å². The van der Waals surface area contributed by atoms with Crippen molar-refractivity contribution in [1.82, 2.24) is 37.2 Å². The van der Waals surface area contributed by atoms with E-state index < -0.39 is 139 Å². The van der Waals surface area contributed by atoms with Crippen LogP contribution in [0.3, 0.4) is 0 Å². The van der Waals surface area contributed by atoms with Crippen LogP contribution in [-0.2, 0) is 60.9 Å². The molecule has 2 rings (SSSR count). The van der Waals surface area contributed by atoms with Crippen LogP contribution in [-0.4, -0.2) is 134 Å². The summed E-state index contributed by atoms with van der Waals surface area (Å²) in [4.78, 5) is 131. The summed E-state index contributed by atoms with van der Waals surface area (Å²) in [5, 5.41) is 57.2. The van der Waals surface area contributed by atoms with E-state index in [4.69, 9.17) is 5.11 Å². The second kappa shape index (κ2) is 31.0. The molecule has 11 N–H and O–H groups in total. The monoisotopic (exact) mass is 1030 g/mol. The van der Waals surface area contributed by atoms with Crippen molar-refractivity contribution in [3.63, 3.8) is 0 Å². The van der Waals surface area contributed by atoms with Crippen molar-refractivity contribution in [1.29, 1.82) is 0 Å². The number of hydrogen-bond donors (Lipinski definition) is 11. The van der Waals surface area contributed by atoms with Crippen LogP contribution < -0.4 is 37.2 Å². The normalized spacial score (nSPS) is 14.2. The van der Waals surface area contributed by atoms with Crippen LogP contribution in [0.4, 0.5) is 0 Å². The maximum absolute atomic E-state index is 14.5. The van der Waals surface area contributed by atoms with Gasteiger partial charge in [-0.3, -0.25) is 47.9 Å². The van der Waals surface area contributed by atoms with Gasteiger partial charge >= 0.3 is 17.9 Å². The number of carboxylic acid groups (broad SMARTS) is 3. The third-order valence-electron chi connectivity index (χ3n) is 11.2. The standard InChI is InChI=1S/C50H73N7O14S/c1-8-9-23-72-28-37(42(65)48(70)51-27-31-16-11-10-12-17-31)56-45(67)34(24-29(2)3)55-49(71)43(50(5,6)7)57-47(69)35(25-32-18-14-13-15-30(32)4)54-44(66)33(19-21-39(59)60)53-46(68)36(26-41(63)64)52-38(58)20-22-40(61)62/h10-18,29,33-37,42-43,65H,8-9,19-28H2,1-7H3,(H,51,70)(H,52,58)(H,53,68)(H,54,66)(H,55,71)(H,56,67)(H,57,69)(H,59,60)(H,61,62)(H,63,64)/t33-,34-,35-,36-,37?,42?,43+/m0/s1. The van der Waals surface area contributed by atoms with Crippen LogP contribution in [0.15, 0.2) is 54.6 Å². The summed E-state index contributed by atoms with van der Waals surface area (Å²) in [7, 11) is 0. The molecule has 2 aromatic carbocycles. The Hall–Kier alpha value is -6.55. The first-order valence-electron chi connectivity index (χ1n) is 23.9. The maximum Gasteiger partial charge on any atom is 0.305 e. The van der Waals surface area contributed by atoms with Gasteiger partial charge in [0.15, 0.2) is 6.10 Å². The minimum atomic E-state index is -1.81. The number of benzene rings is 2. The number of aryl methyl sites for hydroxylation is 1. The molecule has 0 saturated carbocycles. The first-order valence-corrected chi connectivity index (χ1v) is 25.1. The summed E-state index contributed by atoms with van der Waals surface area (Å²) in [6, 6.07) is 7.29. The number of carboxylic acids is 3. The molecule has 0 saturated heterocycles. The van der Waals surface area contributed by atoms with Gasteiger partial charge in [0.25, 0.3) is 5.91 Å². The van der Waals surface area contributed by atoms with Gasteiger partial charge in [0, 0.05) is 31.6 Å². The van der Waals surface area contributed by atoms with Crippen LogP contribution >= 0.6 is 11.8 Å². The number of hydrogen-bond acceptors (Lipinski definition) is 12. The lowest BCUT2D eigenvalue weighted by molar-refractivity contribution is -0.142. The van der Waals surface area contributed by atoms with Gasteiger partial charge in [-0.25, -0.2) is 0 Å². The van der Waals surface area contributed by atoms with E-state index in [-0.39, 0.29) is 31.1 Å². The third-order valence-corrected chi connectivity index (χ3v) is 12.3. The van der Waals surface area contributed by atoms with Gasteiger partial charge in [0.1, 0.15) is 30.2 Å². The molecule has 7 atom stereocenters. The lowest BCUT2D eigenvalue weighted by Crippen LogP contribution is -2.62. The second-order valence-electron chi connectivity index (χ2n) is 19.0. The van der Waals surface area contributed by atoms with E-state index in [1.165, 1.54) is 11.8 Å². The number of nitrogens with one attached hydrogen (secondary N) is 7. The molecule has 2 unspecified atom stereocenters. The molecule has 2 aromatic rings. The molecular weight excluding hydrogens is 955 g/mol. The fourth-order valence-electron chi connectivity index (χ4n) is 7.12. The minimum Gasteiger partial charge on any atom is -0.481 e. The molecule has 0 aromatic heterocycles. The number of carbonyl (C=O) groups excluding carboxylic acids is 7. The summed E-state index contributed by atoms with van der Waals surface area (Å²) >= 11 is 1.45. The molecule has 0 bridgehead atoms. The molecule has 7 amide bonds. The first kappa shape index (κ1) is 61.6. The topological polar surface area (TPSA) is 336 Å². The van der Waals surface area contributed by atoms with E-state index in [1.54, 1.807) is 52.0 Å². The maximum atomic E-state index is 14.5. The smallest absolute Gasteiger partial charge is 0.305 e. The number of rotatable bonds is 32. The second-order valence-corrected chi connectivity index (χ2v) is 20.1. The molecule has 0 fully saturated rings. The predicted octanol–water partition coefficient (Wildman–Crippen LogP) is 1.95. The molecular formula is C50H73N7O14S. The highest BCUT2D eigenvalue weighted by Crippen LogP contribution is 2.22. The number of unbranched alkanes of at least 4 members (excludes halogenated alkanes) is 1. The number of thioether (sulfide) groups is 1. The highest BCUT2D eigenvalue weighted by Gasteiger charge is 2.39. The Morgan fingerprint density at radius 2 is 1.19 bits per heavy atom. The van der Waals surface area contributed by atoms with E-state index in [0.717, 1.165) is 18.4 Å². The highest BCUT2D eigenvalue weighted by atomic mass is 32.2. The highest BCUT2D eigenvalue weighted by molar-refractivity contribution is 7.99. The van der Waals surface area contributed by atoms with Crippen molar-refractivity contribution in [3.05, 3.63) is 71.3 Å². The van der Waals surface area contributed by atoms with Crippen LogP contribution in [0.25, 0.3) is 0 Å². The van der Waals surface area contributed by atoms with Crippen molar-refractivity contribution < 1.29 is 68.4 Å². The Kier molecular flexibility index (Phi) is 26.5. The summed E-state index contributed by atoms with van der Waals surface area (Å²) in [5.74, 6) is -9.84. The number of aliphatic carboxylic acids is 3. The average molecular weight is 1030 g/mol. The Balaban J connectivity index is 2.48. The van der Waals surface area contributed by atoms with Crippen molar-refractivity contribution in [2.45, 2.75) is 155 Å². The number of aliphatic hydroxyl groups is 1. The van der Waals surface area contributed by atoms with Gasteiger partial charge in [-0.15, -0.1) is 0 Å². The molecule has 0 aliphatic heterocycles. The van der Waals surface area contributed by atoms with Gasteiger partial charge in [-0.2, -0.15) is 11.8 Å². The Labute approximate surface area is 424 Å². The Bertz CT molecular complexity index is 2170. The van der Waals surface area contributed by atoms with Gasteiger partial charge in [0.05, 0.1) is 18.9 Å². The van der Waals surface area contributed by atoms with Crippen LogP contribution in [0.1, 0.15) is 110 Å². The first-order chi connectivity index (χ1) is 33.8. The van der Waals surface area contributed by atoms with Crippen LogP contribution in [0.2, 0.25) is 0 Å². The molecule has 0 aliphatic carbocycles. The summed E-state index contributed by atoms with van der Waals surface area (Å²) in [5.41, 5.74) is 1.04.